The summed E-state index contributed by atoms with van der Waals surface area (Å²) in [7, 11) is 0. The Morgan fingerprint density at radius 3 is 1.73 bits per heavy atom. The normalized spacial score (nSPS) is 11.8. The minimum absolute atomic E-state index is 1.11. The summed E-state index contributed by atoms with van der Waals surface area (Å²) < 4.78 is 4.96. The van der Waals surface area contributed by atoms with Crippen LogP contribution in [0, 0.1) is 0 Å². The van der Waals surface area contributed by atoms with E-state index in [2.05, 4.69) is 240 Å². The van der Waals surface area contributed by atoms with Crippen molar-refractivity contribution in [3.05, 3.63) is 231 Å². The summed E-state index contributed by atoms with van der Waals surface area (Å²) in [6.07, 6.45) is 0. The first-order valence-corrected chi connectivity index (χ1v) is 22.4. The molecule has 0 radical (unpaired) electrons. The predicted octanol–water partition coefficient (Wildman–Crippen LogP) is 17.4. The van der Waals surface area contributed by atoms with Gasteiger partial charge >= 0.3 is 0 Å². The molecule has 294 valence electrons. The minimum Gasteiger partial charge on any atom is -0.309 e. The molecule has 0 N–H and O–H groups in total. The van der Waals surface area contributed by atoms with E-state index in [1.54, 1.807) is 0 Å². The fourth-order valence-corrected chi connectivity index (χ4v) is 11.4. The number of rotatable bonds is 6. The number of para-hydroxylation sites is 2. The summed E-state index contributed by atoms with van der Waals surface area (Å²) in [5.74, 6) is 0. The van der Waals surface area contributed by atoms with E-state index in [-0.39, 0.29) is 0 Å². The summed E-state index contributed by atoms with van der Waals surface area (Å²) in [5, 5.41) is 12.5. The van der Waals surface area contributed by atoms with Crippen molar-refractivity contribution in [3.8, 4) is 27.9 Å². The smallest absolute Gasteiger partial charge is 0.0555 e. The lowest BCUT2D eigenvalue weighted by atomic mass is 9.96. The van der Waals surface area contributed by atoms with Gasteiger partial charge in [0.15, 0.2) is 0 Å². The number of hydrogen-bond acceptors (Lipinski definition) is 2. The van der Waals surface area contributed by atoms with Gasteiger partial charge in [0.25, 0.3) is 0 Å². The molecule has 0 spiro atoms. The fraction of sp³-hybridized carbons (Fsp3) is 0. The molecule has 0 aliphatic heterocycles. The maximum atomic E-state index is 2.52. The van der Waals surface area contributed by atoms with Crippen molar-refractivity contribution >= 4 is 103 Å². The molecule has 0 atom stereocenters. The van der Waals surface area contributed by atoms with Crippen LogP contribution in [0.4, 0.5) is 17.1 Å². The van der Waals surface area contributed by atoms with Crippen LogP contribution in [-0.4, -0.2) is 4.57 Å². The second kappa shape index (κ2) is 14.3. The van der Waals surface area contributed by atoms with E-state index in [4.69, 9.17) is 0 Å². The summed E-state index contributed by atoms with van der Waals surface area (Å²) >= 11 is 1.89. The molecular weight excluding hydrogens is 781 g/mol. The van der Waals surface area contributed by atoms with Gasteiger partial charge in [0, 0.05) is 47.7 Å². The van der Waals surface area contributed by atoms with Gasteiger partial charge in [-0.2, -0.15) is 0 Å². The van der Waals surface area contributed by atoms with E-state index < -0.39 is 0 Å². The molecule has 11 aromatic carbocycles. The molecule has 0 aliphatic carbocycles. The van der Waals surface area contributed by atoms with Crippen molar-refractivity contribution in [1.29, 1.82) is 0 Å². The first-order chi connectivity index (χ1) is 31.3. The Bertz CT molecular complexity index is 3870. The van der Waals surface area contributed by atoms with E-state index in [0.717, 1.165) is 22.7 Å². The van der Waals surface area contributed by atoms with Crippen molar-refractivity contribution in [2.75, 3.05) is 4.90 Å². The zero-order valence-corrected chi connectivity index (χ0v) is 35.1. The molecule has 0 aliphatic rings. The molecule has 13 aromatic rings. The molecule has 0 unspecified atom stereocenters. The number of benzene rings is 11. The quantitative estimate of drug-likeness (QED) is 0.152. The highest BCUT2D eigenvalue weighted by atomic mass is 32.1. The standard InChI is InChI=1S/C60H38N2S/c1-3-20-45-39(15-1)17-14-27-46(45)40-31-33-43(34-32-40)61(57-38-42-16-2-4-21-47(42)49-22-5-6-23-50(49)57)56-36-35-48(60-59(56)53-26-9-12-30-58(53)63-60)41-18-13-19-44(37-41)62-54-28-10-7-24-51(54)52-25-8-11-29-55(52)62/h1-38H. The number of thiophene rings is 1. The molecule has 2 heterocycles. The highest BCUT2D eigenvalue weighted by molar-refractivity contribution is 7.26. The van der Waals surface area contributed by atoms with Gasteiger partial charge in [-0.3, -0.25) is 0 Å². The Morgan fingerprint density at radius 2 is 0.952 bits per heavy atom. The van der Waals surface area contributed by atoms with Gasteiger partial charge in [0.1, 0.15) is 0 Å². The number of nitrogens with zero attached hydrogens (tertiary/aromatic N) is 2. The van der Waals surface area contributed by atoms with Crippen LogP contribution >= 0.6 is 11.3 Å². The molecule has 0 saturated carbocycles. The first-order valence-electron chi connectivity index (χ1n) is 21.6. The van der Waals surface area contributed by atoms with E-state index in [1.807, 2.05) is 11.3 Å². The Morgan fingerprint density at radius 1 is 0.349 bits per heavy atom. The molecule has 0 saturated heterocycles. The van der Waals surface area contributed by atoms with Crippen LogP contribution in [0.3, 0.4) is 0 Å². The van der Waals surface area contributed by atoms with Crippen molar-refractivity contribution in [1.82, 2.24) is 4.57 Å². The fourth-order valence-electron chi connectivity index (χ4n) is 10.1. The van der Waals surface area contributed by atoms with Gasteiger partial charge in [-0.05, 0) is 104 Å². The third kappa shape index (κ3) is 5.64. The number of fused-ring (bicyclic) bond motifs is 10. The van der Waals surface area contributed by atoms with Crippen LogP contribution in [0.1, 0.15) is 0 Å². The van der Waals surface area contributed by atoms with Crippen LogP contribution in [0.15, 0.2) is 231 Å². The number of hydrogen-bond donors (Lipinski definition) is 0. The Kier molecular flexibility index (Phi) is 8.12. The Hall–Kier alpha value is -7.98. The van der Waals surface area contributed by atoms with Gasteiger partial charge in [-0.15, -0.1) is 11.3 Å². The summed E-state index contributed by atoms with van der Waals surface area (Å²) in [5.41, 5.74) is 11.8. The zero-order chi connectivity index (χ0) is 41.4. The molecule has 0 bridgehead atoms. The summed E-state index contributed by atoms with van der Waals surface area (Å²) in [6, 6.07) is 84.8. The number of aromatic nitrogens is 1. The second-order valence-electron chi connectivity index (χ2n) is 16.4. The highest BCUT2D eigenvalue weighted by Crippen LogP contribution is 2.50. The summed E-state index contributed by atoms with van der Waals surface area (Å²) in [4.78, 5) is 2.52. The zero-order valence-electron chi connectivity index (χ0n) is 34.2. The third-order valence-corrected chi connectivity index (χ3v) is 14.2. The van der Waals surface area contributed by atoms with Crippen molar-refractivity contribution in [3.63, 3.8) is 0 Å². The van der Waals surface area contributed by atoms with Crippen LogP contribution in [0.25, 0.3) is 102 Å². The lowest BCUT2D eigenvalue weighted by Crippen LogP contribution is -2.11. The highest BCUT2D eigenvalue weighted by Gasteiger charge is 2.24. The monoisotopic (exact) mass is 818 g/mol. The molecular formula is C60H38N2S. The van der Waals surface area contributed by atoms with Crippen molar-refractivity contribution in [2.45, 2.75) is 0 Å². The predicted molar refractivity (Wildman–Crippen MR) is 272 cm³/mol. The SMILES string of the molecule is c1cc(-c2ccc(N(c3ccc(-c4cccc5ccccc45)cc3)c3cc4ccccc4c4ccccc34)c3c2sc2ccccc23)cc(-n2c3ccccc3c3ccccc32)c1. The van der Waals surface area contributed by atoms with Gasteiger partial charge in [-0.1, -0.05) is 176 Å². The van der Waals surface area contributed by atoms with Crippen LogP contribution in [0.5, 0.6) is 0 Å². The van der Waals surface area contributed by atoms with Crippen LogP contribution in [0.2, 0.25) is 0 Å². The molecule has 2 nitrogen and oxygen atoms in total. The van der Waals surface area contributed by atoms with Crippen molar-refractivity contribution in [2.24, 2.45) is 0 Å². The molecule has 0 amide bonds. The Labute approximate surface area is 368 Å². The largest absolute Gasteiger partial charge is 0.309 e. The van der Waals surface area contributed by atoms with Gasteiger partial charge in [-0.25, -0.2) is 0 Å². The van der Waals surface area contributed by atoms with E-state index in [0.29, 0.717) is 0 Å². The van der Waals surface area contributed by atoms with E-state index in [1.165, 1.54) is 96.5 Å². The van der Waals surface area contributed by atoms with Gasteiger partial charge < -0.3 is 9.47 Å². The van der Waals surface area contributed by atoms with E-state index in [9.17, 15) is 0 Å². The maximum absolute atomic E-state index is 2.52. The molecule has 3 heteroatoms. The maximum Gasteiger partial charge on any atom is 0.0555 e. The second-order valence-corrected chi connectivity index (χ2v) is 17.5. The molecule has 13 rings (SSSR count). The average Bonchev–Trinajstić information content (AvgIpc) is 3.91. The van der Waals surface area contributed by atoms with E-state index >= 15 is 0 Å². The van der Waals surface area contributed by atoms with Crippen LogP contribution < -0.4 is 4.90 Å². The lowest BCUT2D eigenvalue weighted by molar-refractivity contribution is 1.18. The lowest BCUT2D eigenvalue weighted by Gasteiger charge is -2.29. The first kappa shape index (κ1) is 35.7. The molecule has 0 fully saturated rings. The Balaban J connectivity index is 1.06. The van der Waals surface area contributed by atoms with Crippen molar-refractivity contribution < 1.29 is 0 Å². The minimum atomic E-state index is 1.11. The van der Waals surface area contributed by atoms with Gasteiger partial charge in [0.2, 0.25) is 0 Å². The topological polar surface area (TPSA) is 8.17 Å². The molecule has 2 aromatic heterocycles. The third-order valence-electron chi connectivity index (χ3n) is 13.0. The van der Waals surface area contributed by atoms with Crippen LogP contribution in [-0.2, 0) is 0 Å². The molecule has 63 heavy (non-hydrogen) atoms. The van der Waals surface area contributed by atoms with Gasteiger partial charge in [0.05, 0.1) is 22.4 Å². The summed E-state index contributed by atoms with van der Waals surface area (Å²) in [6.45, 7) is 0. The average molecular weight is 819 g/mol. The number of anilines is 3.